The number of rotatable bonds is 5. The molecule has 0 atom stereocenters. The maximum absolute atomic E-state index is 12.3. The van der Waals surface area contributed by atoms with Crippen LogP contribution in [0.3, 0.4) is 0 Å². The van der Waals surface area contributed by atoms with Crippen LogP contribution in [-0.4, -0.2) is 42.1 Å². The molecule has 0 aromatic carbocycles. The summed E-state index contributed by atoms with van der Waals surface area (Å²) in [5.74, 6) is -0.441. The quantitative estimate of drug-likeness (QED) is 0.883. The van der Waals surface area contributed by atoms with Crippen molar-refractivity contribution in [1.29, 1.82) is 0 Å². The van der Waals surface area contributed by atoms with Crippen LogP contribution in [0.1, 0.15) is 23.7 Å². The van der Waals surface area contributed by atoms with Crippen molar-refractivity contribution in [3.63, 3.8) is 0 Å². The highest BCUT2D eigenvalue weighted by Gasteiger charge is 2.32. The van der Waals surface area contributed by atoms with E-state index in [1.807, 2.05) is 6.92 Å². The molecule has 1 aromatic rings. The summed E-state index contributed by atoms with van der Waals surface area (Å²) in [5, 5.41) is 2.93. The third-order valence-electron chi connectivity index (χ3n) is 2.39. The lowest BCUT2D eigenvalue weighted by Crippen LogP contribution is -2.36. The van der Waals surface area contributed by atoms with Gasteiger partial charge in [0.2, 0.25) is 0 Å². The Hall–Kier alpha value is -1.31. The van der Waals surface area contributed by atoms with E-state index in [4.69, 9.17) is 0 Å². The van der Waals surface area contributed by atoms with Gasteiger partial charge in [0.05, 0.1) is 5.56 Å². The minimum absolute atomic E-state index is 0.111. The van der Waals surface area contributed by atoms with E-state index < -0.39 is 18.6 Å². The first-order chi connectivity index (χ1) is 9.24. The molecule has 1 heterocycles. The molecule has 0 radical (unpaired) electrons. The third-order valence-corrected chi connectivity index (χ3v) is 2.82. The smallest absolute Gasteiger partial charge is 0.369 e. The highest BCUT2D eigenvalue weighted by Crippen LogP contribution is 2.22. The SMILES string of the molecule is CCCNc1ncc(Br)cc1C(=O)N(C)CC(F)(F)F. The molecular weight excluding hydrogens is 339 g/mol. The number of carbonyl (C=O) groups is 1. The number of hydrogen-bond acceptors (Lipinski definition) is 3. The minimum atomic E-state index is -4.43. The predicted octanol–water partition coefficient (Wildman–Crippen LogP) is 3.30. The number of hydrogen-bond donors (Lipinski definition) is 1. The fraction of sp³-hybridized carbons (Fsp3) is 0.500. The molecule has 1 amide bonds. The second kappa shape index (κ2) is 6.92. The van der Waals surface area contributed by atoms with Gasteiger partial charge in [-0.15, -0.1) is 0 Å². The minimum Gasteiger partial charge on any atom is -0.369 e. The molecule has 0 unspecified atom stereocenters. The number of nitrogens with one attached hydrogen (secondary N) is 1. The van der Waals surface area contributed by atoms with Gasteiger partial charge in [0, 0.05) is 24.3 Å². The summed E-state index contributed by atoms with van der Waals surface area (Å²) in [6, 6.07) is 1.46. The summed E-state index contributed by atoms with van der Waals surface area (Å²) in [4.78, 5) is 16.7. The summed E-state index contributed by atoms with van der Waals surface area (Å²) < 4.78 is 37.5. The fourth-order valence-electron chi connectivity index (χ4n) is 1.53. The summed E-state index contributed by atoms with van der Waals surface area (Å²) in [7, 11) is 1.11. The standard InChI is InChI=1S/C12H15BrF3N3O/c1-3-4-17-10-9(5-8(13)6-18-10)11(20)19(2)7-12(14,15)16/h5-6H,3-4,7H2,1-2H3,(H,17,18). The predicted molar refractivity (Wildman–Crippen MR) is 73.7 cm³/mol. The molecular formula is C12H15BrF3N3O. The van der Waals surface area contributed by atoms with Gasteiger partial charge in [-0.2, -0.15) is 13.2 Å². The third kappa shape index (κ3) is 4.99. The number of nitrogens with zero attached hydrogens (tertiary/aromatic N) is 2. The van der Waals surface area contributed by atoms with Crippen LogP contribution in [0.25, 0.3) is 0 Å². The molecule has 1 rings (SSSR count). The molecule has 0 aliphatic rings. The van der Waals surface area contributed by atoms with Gasteiger partial charge < -0.3 is 10.2 Å². The van der Waals surface area contributed by atoms with Crippen molar-refractivity contribution in [1.82, 2.24) is 9.88 Å². The Bertz CT molecular complexity index is 480. The van der Waals surface area contributed by atoms with Crippen LogP contribution in [-0.2, 0) is 0 Å². The second-order valence-corrected chi connectivity index (χ2v) is 5.17. The molecule has 0 aliphatic carbocycles. The molecule has 0 saturated carbocycles. The molecule has 1 aromatic heterocycles. The van der Waals surface area contributed by atoms with E-state index in [2.05, 4.69) is 26.2 Å². The van der Waals surface area contributed by atoms with Crippen LogP contribution < -0.4 is 5.32 Å². The van der Waals surface area contributed by atoms with E-state index in [1.54, 1.807) is 0 Å². The van der Waals surface area contributed by atoms with Crippen molar-refractivity contribution >= 4 is 27.7 Å². The van der Waals surface area contributed by atoms with Gasteiger partial charge in [0.25, 0.3) is 5.91 Å². The van der Waals surface area contributed by atoms with Crippen LogP contribution in [0.5, 0.6) is 0 Å². The number of aromatic nitrogens is 1. The molecule has 0 aliphatic heterocycles. The average Bonchev–Trinajstić information content (AvgIpc) is 2.34. The van der Waals surface area contributed by atoms with Gasteiger partial charge in [0.1, 0.15) is 12.4 Å². The normalized spacial score (nSPS) is 11.3. The van der Waals surface area contributed by atoms with E-state index in [1.165, 1.54) is 12.3 Å². The maximum Gasteiger partial charge on any atom is 0.406 e. The Morgan fingerprint density at radius 2 is 2.15 bits per heavy atom. The summed E-state index contributed by atoms with van der Waals surface area (Å²) in [5.41, 5.74) is 0.111. The first-order valence-corrected chi connectivity index (χ1v) is 6.75. The highest BCUT2D eigenvalue weighted by molar-refractivity contribution is 9.10. The molecule has 0 fully saturated rings. The lowest BCUT2D eigenvalue weighted by atomic mass is 10.2. The molecule has 0 spiro atoms. The van der Waals surface area contributed by atoms with Crippen molar-refractivity contribution in [3.8, 4) is 0 Å². The Morgan fingerprint density at radius 3 is 2.70 bits per heavy atom. The highest BCUT2D eigenvalue weighted by atomic mass is 79.9. The van der Waals surface area contributed by atoms with Gasteiger partial charge in [0.15, 0.2) is 0 Å². The fourth-order valence-corrected chi connectivity index (χ4v) is 1.86. The van der Waals surface area contributed by atoms with Gasteiger partial charge in [-0.05, 0) is 28.4 Å². The lowest BCUT2D eigenvalue weighted by Gasteiger charge is -2.20. The average molecular weight is 354 g/mol. The topological polar surface area (TPSA) is 45.2 Å². The summed E-state index contributed by atoms with van der Waals surface area (Å²) in [6.07, 6.45) is -2.14. The molecule has 20 heavy (non-hydrogen) atoms. The van der Waals surface area contributed by atoms with E-state index in [0.29, 0.717) is 15.9 Å². The van der Waals surface area contributed by atoms with Crippen LogP contribution >= 0.6 is 15.9 Å². The van der Waals surface area contributed by atoms with Gasteiger partial charge in [-0.3, -0.25) is 4.79 Å². The van der Waals surface area contributed by atoms with E-state index >= 15 is 0 Å². The Balaban J connectivity index is 2.98. The van der Waals surface area contributed by atoms with Gasteiger partial charge in [-0.25, -0.2) is 4.98 Å². The Morgan fingerprint density at radius 1 is 1.50 bits per heavy atom. The van der Waals surface area contributed by atoms with Crippen molar-refractivity contribution in [2.24, 2.45) is 0 Å². The molecule has 0 bridgehead atoms. The molecule has 1 N–H and O–H groups in total. The van der Waals surface area contributed by atoms with Gasteiger partial charge >= 0.3 is 6.18 Å². The zero-order valence-corrected chi connectivity index (χ0v) is 12.7. The number of pyridine rings is 1. The Kier molecular flexibility index (Phi) is 5.79. The van der Waals surface area contributed by atoms with E-state index in [-0.39, 0.29) is 11.4 Å². The summed E-state index contributed by atoms with van der Waals surface area (Å²) in [6.45, 7) is 1.21. The zero-order valence-electron chi connectivity index (χ0n) is 11.1. The first kappa shape index (κ1) is 16.7. The van der Waals surface area contributed by atoms with Crippen molar-refractivity contribution in [2.45, 2.75) is 19.5 Å². The maximum atomic E-state index is 12.3. The number of halogens is 4. The second-order valence-electron chi connectivity index (χ2n) is 4.25. The molecule has 8 heteroatoms. The van der Waals surface area contributed by atoms with Crippen LogP contribution in [0.2, 0.25) is 0 Å². The number of amides is 1. The molecule has 0 saturated heterocycles. The van der Waals surface area contributed by atoms with Crippen molar-refractivity contribution < 1.29 is 18.0 Å². The van der Waals surface area contributed by atoms with E-state index in [0.717, 1.165) is 13.5 Å². The van der Waals surface area contributed by atoms with Crippen LogP contribution in [0, 0.1) is 0 Å². The lowest BCUT2D eigenvalue weighted by molar-refractivity contribution is -0.138. The van der Waals surface area contributed by atoms with Crippen molar-refractivity contribution in [3.05, 3.63) is 22.3 Å². The first-order valence-electron chi connectivity index (χ1n) is 5.96. The molecule has 4 nitrogen and oxygen atoms in total. The van der Waals surface area contributed by atoms with E-state index in [9.17, 15) is 18.0 Å². The van der Waals surface area contributed by atoms with Crippen LogP contribution in [0.15, 0.2) is 16.7 Å². The summed E-state index contributed by atoms with van der Waals surface area (Å²) >= 11 is 3.16. The molecule has 112 valence electrons. The number of alkyl halides is 3. The largest absolute Gasteiger partial charge is 0.406 e. The monoisotopic (exact) mass is 353 g/mol. The van der Waals surface area contributed by atoms with Crippen LogP contribution in [0.4, 0.5) is 19.0 Å². The zero-order chi connectivity index (χ0) is 15.3. The van der Waals surface area contributed by atoms with Crippen molar-refractivity contribution in [2.75, 3.05) is 25.5 Å². The van der Waals surface area contributed by atoms with Gasteiger partial charge in [-0.1, -0.05) is 6.92 Å². The Labute approximate surface area is 123 Å². The number of carbonyl (C=O) groups excluding carboxylic acids is 1. The number of anilines is 1.